The number of pyridine rings is 1. The molecule has 0 bridgehead atoms. The molecule has 1 saturated heterocycles. The van der Waals surface area contributed by atoms with Crippen molar-refractivity contribution < 1.29 is 33.8 Å². The van der Waals surface area contributed by atoms with Crippen molar-refractivity contribution in [1.29, 1.82) is 0 Å². The summed E-state index contributed by atoms with van der Waals surface area (Å²) in [5.74, 6) is -1.19. The number of thiazole rings is 1. The first-order valence-corrected chi connectivity index (χ1v) is 23.3. The van der Waals surface area contributed by atoms with Gasteiger partial charge in [0.15, 0.2) is 0 Å². The van der Waals surface area contributed by atoms with Gasteiger partial charge in [0, 0.05) is 43.9 Å². The lowest BCUT2D eigenvalue weighted by Gasteiger charge is -2.36. The van der Waals surface area contributed by atoms with Gasteiger partial charge in [0.2, 0.25) is 5.91 Å². The minimum atomic E-state index is -1.19. The Balaban J connectivity index is 1.26. The predicted octanol–water partition coefficient (Wildman–Crippen LogP) is 6.22. The number of nitrogens with one attached hydrogen (secondary N) is 4. The highest BCUT2D eigenvalue weighted by Gasteiger charge is 2.43. The standard InChI is InChI=1S/C48H64N8O7S/c1-5-32(2)44(41-26-50-47(60)56(41)28-37-31-64-43(51-37)30-62-3)46(59)52-39(24-33-14-8-6-9-15-33)42(57)29-55(27-35-19-21-36(22-20-35)38-18-12-13-23-49-38)54-45(58)40(53-48(61)63-4)25-34-16-10-7-11-17-34/h6,8-9,12-15,18-23,31-32,34,39-42,44,57H,5,7,10-11,16-17,24-30H2,1-4H3,(H,50,60)(H,52,59)(H,53,61)(H,54,58). The fourth-order valence-electron chi connectivity index (χ4n) is 8.81. The van der Waals surface area contributed by atoms with Crippen LogP contribution in [0, 0.1) is 17.8 Å². The number of hydrazine groups is 1. The van der Waals surface area contributed by atoms with Gasteiger partial charge in [-0.05, 0) is 47.9 Å². The zero-order chi connectivity index (χ0) is 45.4. The van der Waals surface area contributed by atoms with Gasteiger partial charge in [-0.3, -0.25) is 20.0 Å². The molecule has 6 rings (SSSR count). The van der Waals surface area contributed by atoms with Crippen LogP contribution in [-0.2, 0) is 45.2 Å². The number of amides is 5. The summed E-state index contributed by atoms with van der Waals surface area (Å²) in [6, 6.07) is 20.8. The Morgan fingerprint density at radius 3 is 2.41 bits per heavy atom. The number of benzene rings is 2. The Kier molecular flexibility index (Phi) is 18.0. The molecular formula is C48H64N8O7S. The average molecular weight is 897 g/mol. The largest absolute Gasteiger partial charge is 0.453 e. The molecule has 5 N–H and O–H groups in total. The number of urea groups is 1. The first-order chi connectivity index (χ1) is 31.0. The normalized spacial score (nSPS) is 17.8. The number of nitrogens with zero attached hydrogens (tertiary/aromatic N) is 4. The van der Waals surface area contributed by atoms with Crippen LogP contribution in [0.1, 0.15) is 80.6 Å². The second kappa shape index (κ2) is 24.0. The lowest BCUT2D eigenvalue weighted by atomic mass is 9.83. The van der Waals surface area contributed by atoms with Gasteiger partial charge >= 0.3 is 12.1 Å². The molecule has 0 spiro atoms. The second-order valence-corrected chi connectivity index (χ2v) is 18.0. The SMILES string of the molecule is CCC(C)C(C(=O)NC(Cc1ccccc1)C(O)CN(Cc1ccc(-c2ccccn2)cc1)NC(=O)C(CC1CCCCC1)NC(=O)OC)C1CNC(=O)N1Cc1csc(COC)n1. The summed E-state index contributed by atoms with van der Waals surface area (Å²) in [5.41, 5.74) is 7.27. The number of ether oxygens (including phenoxy) is 2. The molecule has 1 saturated carbocycles. The van der Waals surface area contributed by atoms with Gasteiger partial charge in [0.05, 0.1) is 55.8 Å². The minimum absolute atomic E-state index is 0.0723. The summed E-state index contributed by atoms with van der Waals surface area (Å²) in [6.45, 7) is 5.04. The van der Waals surface area contributed by atoms with E-state index in [-0.39, 0.29) is 50.0 Å². The monoisotopic (exact) mass is 896 g/mol. The van der Waals surface area contributed by atoms with Crippen LogP contribution in [0.4, 0.5) is 9.59 Å². The van der Waals surface area contributed by atoms with Gasteiger partial charge in [-0.2, -0.15) is 0 Å². The number of hydrogen-bond donors (Lipinski definition) is 5. The molecular weight excluding hydrogens is 833 g/mol. The number of rotatable bonds is 22. The number of methoxy groups -OCH3 is 2. The second-order valence-electron chi connectivity index (χ2n) is 17.0. The summed E-state index contributed by atoms with van der Waals surface area (Å²) in [5, 5.41) is 25.6. The zero-order valence-corrected chi connectivity index (χ0v) is 38.2. The summed E-state index contributed by atoms with van der Waals surface area (Å²) in [7, 11) is 2.88. The molecule has 15 nitrogen and oxygen atoms in total. The molecule has 2 aliphatic rings. The molecule has 3 heterocycles. The van der Waals surface area contributed by atoms with Crippen molar-refractivity contribution in [3.8, 4) is 11.3 Å². The van der Waals surface area contributed by atoms with Crippen LogP contribution in [0.3, 0.4) is 0 Å². The number of alkyl carbamates (subject to hydrolysis) is 1. The Labute approximate surface area is 380 Å². The predicted molar refractivity (Wildman–Crippen MR) is 245 cm³/mol. The van der Waals surface area contributed by atoms with Crippen LogP contribution in [0.15, 0.2) is 84.4 Å². The number of carbonyl (C=O) groups is 4. The van der Waals surface area contributed by atoms with E-state index < -0.39 is 42.1 Å². The lowest BCUT2D eigenvalue weighted by Crippen LogP contribution is -2.58. The van der Waals surface area contributed by atoms with E-state index in [0.717, 1.165) is 65.2 Å². The number of aliphatic hydroxyl groups is 1. The van der Waals surface area contributed by atoms with Crippen LogP contribution in [0.2, 0.25) is 0 Å². The zero-order valence-electron chi connectivity index (χ0n) is 37.4. The van der Waals surface area contributed by atoms with E-state index in [1.807, 2.05) is 92.0 Å². The molecule has 1 aliphatic heterocycles. The van der Waals surface area contributed by atoms with E-state index in [4.69, 9.17) is 9.47 Å². The fraction of sp³-hybridized carbons (Fsp3) is 0.500. The minimum Gasteiger partial charge on any atom is -0.453 e. The fourth-order valence-corrected chi connectivity index (χ4v) is 9.56. The van der Waals surface area contributed by atoms with Crippen LogP contribution in [0.5, 0.6) is 0 Å². The van der Waals surface area contributed by atoms with Crippen molar-refractivity contribution >= 4 is 35.3 Å². The maximum Gasteiger partial charge on any atom is 0.407 e. The Morgan fingerprint density at radius 2 is 1.72 bits per heavy atom. The lowest BCUT2D eigenvalue weighted by molar-refractivity contribution is -0.132. The maximum absolute atomic E-state index is 14.8. The quantitative estimate of drug-likeness (QED) is 0.0567. The number of hydrogen-bond acceptors (Lipinski definition) is 11. The van der Waals surface area contributed by atoms with Gasteiger partial charge in [-0.1, -0.05) is 113 Å². The van der Waals surface area contributed by atoms with E-state index in [9.17, 15) is 24.3 Å². The van der Waals surface area contributed by atoms with Crippen molar-refractivity contribution in [2.24, 2.45) is 17.8 Å². The topological polar surface area (TPSA) is 187 Å². The van der Waals surface area contributed by atoms with Gasteiger partial charge in [0.25, 0.3) is 5.91 Å². The van der Waals surface area contributed by atoms with Crippen molar-refractivity contribution in [3.63, 3.8) is 0 Å². The third-order valence-electron chi connectivity index (χ3n) is 12.4. The van der Waals surface area contributed by atoms with Gasteiger partial charge in [-0.25, -0.2) is 19.6 Å². The van der Waals surface area contributed by atoms with E-state index in [1.165, 1.54) is 18.4 Å². The highest BCUT2D eigenvalue weighted by Crippen LogP contribution is 2.30. The molecule has 0 radical (unpaired) electrons. The van der Waals surface area contributed by atoms with E-state index in [2.05, 4.69) is 31.3 Å². The van der Waals surface area contributed by atoms with Crippen LogP contribution < -0.4 is 21.4 Å². The molecule has 6 atom stereocenters. The van der Waals surface area contributed by atoms with Crippen molar-refractivity contribution in [1.82, 2.24) is 41.3 Å². The van der Waals surface area contributed by atoms with Crippen LogP contribution in [-0.4, -0.2) is 100 Å². The summed E-state index contributed by atoms with van der Waals surface area (Å²) in [6.07, 6.45) is 6.52. The van der Waals surface area contributed by atoms with E-state index >= 15 is 0 Å². The molecule has 2 fully saturated rings. The Bertz CT molecular complexity index is 2090. The highest BCUT2D eigenvalue weighted by molar-refractivity contribution is 7.09. The van der Waals surface area contributed by atoms with Crippen LogP contribution in [0.25, 0.3) is 11.3 Å². The number of carbonyl (C=O) groups excluding carboxylic acids is 4. The number of aromatic nitrogens is 2. The summed E-state index contributed by atoms with van der Waals surface area (Å²) < 4.78 is 10.2. The molecule has 4 aromatic rings. The molecule has 2 aromatic heterocycles. The first-order valence-electron chi connectivity index (χ1n) is 22.4. The Morgan fingerprint density at radius 1 is 0.969 bits per heavy atom. The third-order valence-corrected chi connectivity index (χ3v) is 13.3. The molecule has 16 heteroatoms. The van der Waals surface area contributed by atoms with Crippen molar-refractivity contribution in [2.75, 3.05) is 27.3 Å². The maximum atomic E-state index is 14.8. The molecule has 6 unspecified atom stereocenters. The van der Waals surface area contributed by atoms with E-state index in [0.29, 0.717) is 25.9 Å². The molecule has 64 heavy (non-hydrogen) atoms. The molecule has 344 valence electrons. The summed E-state index contributed by atoms with van der Waals surface area (Å²) >= 11 is 1.46. The smallest absolute Gasteiger partial charge is 0.407 e. The van der Waals surface area contributed by atoms with E-state index in [1.54, 1.807) is 23.2 Å². The van der Waals surface area contributed by atoms with Gasteiger partial charge < -0.3 is 35.4 Å². The Hall–Kier alpha value is -5.42. The number of aliphatic hydroxyl groups excluding tert-OH is 1. The van der Waals surface area contributed by atoms with Crippen molar-refractivity contribution in [3.05, 3.63) is 106 Å². The van der Waals surface area contributed by atoms with Crippen molar-refractivity contribution in [2.45, 2.75) is 109 Å². The van der Waals surface area contributed by atoms with Gasteiger partial charge in [-0.15, -0.1) is 11.3 Å². The van der Waals surface area contributed by atoms with Crippen LogP contribution >= 0.6 is 11.3 Å². The summed E-state index contributed by atoms with van der Waals surface area (Å²) in [4.78, 5) is 65.8. The molecule has 5 amide bonds. The average Bonchev–Trinajstić information content (AvgIpc) is 3.91. The highest BCUT2D eigenvalue weighted by atomic mass is 32.1. The molecule has 1 aliphatic carbocycles. The molecule has 2 aromatic carbocycles. The third kappa shape index (κ3) is 13.5. The van der Waals surface area contributed by atoms with Gasteiger partial charge in [0.1, 0.15) is 11.0 Å². The first kappa shape index (κ1) is 48.0.